The number of rotatable bonds is 6. The van der Waals surface area contributed by atoms with Crippen molar-refractivity contribution in [3.63, 3.8) is 0 Å². The average molecular weight is 216 g/mol. The first-order valence-corrected chi connectivity index (χ1v) is 5.83. The molecule has 86 valence electrons. The fraction of sp³-hybridized carbons (Fsp3) is 0.400. The zero-order valence-corrected chi connectivity index (χ0v) is 10.2. The first kappa shape index (κ1) is 12.7. The van der Waals surface area contributed by atoms with Crippen molar-refractivity contribution in [2.24, 2.45) is 5.41 Å². The fourth-order valence-electron chi connectivity index (χ4n) is 2.11. The van der Waals surface area contributed by atoms with E-state index < -0.39 is 0 Å². The van der Waals surface area contributed by atoms with Crippen LogP contribution in [0.2, 0.25) is 0 Å². The van der Waals surface area contributed by atoms with Crippen LogP contribution in [0.15, 0.2) is 43.0 Å². The topological polar surface area (TPSA) is 17.1 Å². The zero-order chi connectivity index (χ0) is 12.0. The molecule has 1 aromatic carbocycles. The molecule has 0 aliphatic carbocycles. The molecule has 0 N–H and O–H groups in total. The third kappa shape index (κ3) is 2.82. The SMILES string of the molecule is C=CC(CCC)(Cc1ccccc1)C(C)=O. The Kier molecular flexibility index (Phi) is 4.48. The van der Waals surface area contributed by atoms with E-state index in [2.05, 4.69) is 25.6 Å². The molecule has 1 rings (SSSR count). The van der Waals surface area contributed by atoms with Gasteiger partial charge < -0.3 is 0 Å². The Morgan fingerprint density at radius 3 is 2.44 bits per heavy atom. The van der Waals surface area contributed by atoms with Crippen molar-refractivity contribution in [3.8, 4) is 0 Å². The highest BCUT2D eigenvalue weighted by atomic mass is 16.1. The Morgan fingerprint density at radius 1 is 1.38 bits per heavy atom. The largest absolute Gasteiger partial charge is 0.299 e. The first-order chi connectivity index (χ1) is 7.64. The van der Waals surface area contributed by atoms with Gasteiger partial charge in [0.2, 0.25) is 0 Å². The number of Topliss-reactive ketones (excluding diaryl/α,β-unsaturated/α-hetero) is 1. The number of hydrogen-bond acceptors (Lipinski definition) is 1. The van der Waals surface area contributed by atoms with E-state index in [4.69, 9.17) is 0 Å². The highest BCUT2D eigenvalue weighted by Gasteiger charge is 2.30. The quantitative estimate of drug-likeness (QED) is 0.661. The molecule has 1 atom stereocenters. The van der Waals surface area contributed by atoms with Gasteiger partial charge in [0.25, 0.3) is 0 Å². The minimum absolute atomic E-state index is 0.216. The normalized spacial score (nSPS) is 14.1. The van der Waals surface area contributed by atoms with Crippen LogP contribution in [0.3, 0.4) is 0 Å². The number of ketones is 1. The van der Waals surface area contributed by atoms with Gasteiger partial charge in [0, 0.05) is 0 Å². The summed E-state index contributed by atoms with van der Waals surface area (Å²) in [4.78, 5) is 11.8. The van der Waals surface area contributed by atoms with Gasteiger partial charge in [-0.1, -0.05) is 49.8 Å². The molecule has 1 heteroatoms. The Labute approximate surface area is 98.2 Å². The molecule has 0 amide bonds. The van der Waals surface area contributed by atoms with Crippen LogP contribution < -0.4 is 0 Å². The van der Waals surface area contributed by atoms with Crippen molar-refractivity contribution in [2.75, 3.05) is 0 Å². The van der Waals surface area contributed by atoms with Crippen LogP contribution in [-0.2, 0) is 11.2 Å². The summed E-state index contributed by atoms with van der Waals surface area (Å²) >= 11 is 0. The molecule has 0 aliphatic heterocycles. The predicted molar refractivity (Wildman–Crippen MR) is 68.4 cm³/mol. The van der Waals surface area contributed by atoms with E-state index in [1.54, 1.807) is 6.92 Å². The van der Waals surface area contributed by atoms with E-state index in [1.807, 2.05) is 24.3 Å². The lowest BCUT2D eigenvalue weighted by molar-refractivity contribution is -0.124. The molecule has 1 unspecified atom stereocenters. The van der Waals surface area contributed by atoms with Crippen molar-refractivity contribution in [2.45, 2.75) is 33.1 Å². The summed E-state index contributed by atoms with van der Waals surface area (Å²) in [7, 11) is 0. The number of benzene rings is 1. The van der Waals surface area contributed by atoms with Crippen LogP contribution in [0.1, 0.15) is 32.3 Å². The second-order valence-electron chi connectivity index (χ2n) is 4.33. The van der Waals surface area contributed by atoms with Gasteiger partial charge in [-0.25, -0.2) is 0 Å². The van der Waals surface area contributed by atoms with Crippen LogP contribution in [0.4, 0.5) is 0 Å². The van der Waals surface area contributed by atoms with Crippen LogP contribution in [0.25, 0.3) is 0 Å². The van der Waals surface area contributed by atoms with Gasteiger partial charge in [0.05, 0.1) is 5.41 Å². The molecule has 0 aromatic heterocycles. The molecule has 1 nitrogen and oxygen atoms in total. The molecule has 16 heavy (non-hydrogen) atoms. The molecular formula is C15H20O. The second kappa shape index (κ2) is 5.64. The lowest BCUT2D eigenvalue weighted by atomic mass is 9.75. The summed E-state index contributed by atoms with van der Waals surface area (Å²) in [6.45, 7) is 7.62. The number of carbonyl (C=O) groups is 1. The van der Waals surface area contributed by atoms with Gasteiger partial charge in [-0.3, -0.25) is 4.79 Å². The fourth-order valence-corrected chi connectivity index (χ4v) is 2.11. The Morgan fingerprint density at radius 2 is 2.00 bits per heavy atom. The van der Waals surface area contributed by atoms with Crippen molar-refractivity contribution >= 4 is 5.78 Å². The lowest BCUT2D eigenvalue weighted by Crippen LogP contribution is -2.29. The average Bonchev–Trinajstić information content (AvgIpc) is 2.29. The Bertz CT molecular complexity index is 353. The summed E-state index contributed by atoms with van der Waals surface area (Å²) < 4.78 is 0. The maximum Gasteiger partial charge on any atom is 0.140 e. The van der Waals surface area contributed by atoms with Gasteiger partial charge >= 0.3 is 0 Å². The van der Waals surface area contributed by atoms with Gasteiger partial charge in [-0.2, -0.15) is 0 Å². The van der Waals surface area contributed by atoms with Crippen molar-refractivity contribution < 1.29 is 4.79 Å². The molecule has 0 aliphatic rings. The minimum Gasteiger partial charge on any atom is -0.299 e. The zero-order valence-electron chi connectivity index (χ0n) is 10.2. The van der Waals surface area contributed by atoms with E-state index in [-0.39, 0.29) is 11.2 Å². The van der Waals surface area contributed by atoms with E-state index in [0.29, 0.717) is 0 Å². The Hall–Kier alpha value is -1.37. The van der Waals surface area contributed by atoms with E-state index in [1.165, 1.54) is 5.56 Å². The minimum atomic E-state index is -0.379. The molecule has 0 saturated heterocycles. The van der Waals surface area contributed by atoms with E-state index >= 15 is 0 Å². The van der Waals surface area contributed by atoms with Gasteiger partial charge in [-0.15, -0.1) is 6.58 Å². The standard InChI is InChI=1S/C15H20O/c1-4-11-15(5-2,13(3)16)12-14-9-7-6-8-10-14/h5-10H,2,4,11-12H2,1,3H3. The van der Waals surface area contributed by atoms with Crippen LogP contribution in [0.5, 0.6) is 0 Å². The summed E-state index contributed by atoms with van der Waals surface area (Å²) in [5, 5.41) is 0. The summed E-state index contributed by atoms with van der Waals surface area (Å²) in [6.07, 6.45) is 4.46. The van der Waals surface area contributed by atoms with Crippen LogP contribution >= 0.6 is 0 Å². The maximum absolute atomic E-state index is 11.8. The monoisotopic (exact) mass is 216 g/mol. The first-order valence-electron chi connectivity index (χ1n) is 5.83. The van der Waals surface area contributed by atoms with Gasteiger partial charge in [0.1, 0.15) is 5.78 Å². The molecule has 0 saturated carbocycles. The summed E-state index contributed by atoms with van der Waals surface area (Å²) in [5.74, 6) is 0.216. The van der Waals surface area contributed by atoms with Crippen LogP contribution in [-0.4, -0.2) is 5.78 Å². The molecular weight excluding hydrogens is 196 g/mol. The third-order valence-electron chi connectivity index (χ3n) is 3.15. The smallest absolute Gasteiger partial charge is 0.140 e. The number of carbonyl (C=O) groups excluding carboxylic acids is 1. The van der Waals surface area contributed by atoms with Crippen molar-refractivity contribution in [1.82, 2.24) is 0 Å². The van der Waals surface area contributed by atoms with Gasteiger partial charge in [0.15, 0.2) is 0 Å². The lowest BCUT2D eigenvalue weighted by Gasteiger charge is -2.27. The summed E-state index contributed by atoms with van der Waals surface area (Å²) in [6, 6.07) is 10.1. The van der Waals surface area contributed by atoms with E-state index in [9.17, 15) is 4.79 Å². The number of hydrogen-bond donors (Lipinski definition) is 0. The molecule has 0 spiro atoms. The van der Waals surface area contributed by atoms with Crippen LogP contribution in [0, 0.1) is 5.41 Å². The summed E-state index contributed by atoms with van der Waals surface area (Å²) in [5.41, 5.74) is 0.821. The molecule has 0 heterocycles. The van der Waals surface area contributed by atoms with Crippen molar-refractivity contribution in [3.05, 3.63) is 48.6 Å². The number of allylic oxidation sites excluding steroid dienone is 1. The van der Waals surface area contributed by atoms with Crippen molar-refractivity contribution in [1.29, 1.82) is 0 Å². The second-order valence-corrected chi connectivity index (χ2v) is 4.33. The van der Waals surface area contributed by atoms with Gasteiger partial charge in [-0.05, 0) is 25.3 Å². The molecule has 0 bridgehead atoms. The maximum atomic E-state index is 11.8. The Balaban J connectivity index is 2.94. The van der Waals surface area contributed by atoms with E-state index in [0.717, 1.165) is 19.3 Å². The highest BCUT2D eigenvalue weighted by Crippen LogP contribution is 2.31. The molecule has 0 fully saturated rings. The third-order valence-corrected chi connectivity index (χ3v) is 3.15. The predicted octanol–water partition coefficient (Wildman–Crippen LogP) is 3.79. The molecule has 1 aromatic rings. The molecule has 0 radical (unpaired) electrons. The highest BCUT2D eigenvalue weighted by molar-refractivity contribution is 5.84.